The predicted molar refractivity (Wildman–Crippen MR) is 74.7 cm³/mol. The quantitative estimate of drug-likeness (QED) is 0.919. The van der Waals surface area contributed by atoms with E-state index >= 15 is 0 Å². The summed E-state index contributed by atoms with van der Waals surface area (Å²) in [6, 6.07) is 2.81. The number of pyridine rings is 1. The maximum absolute atomic E-state index is 4.19. The molecule has 0 aliphatic heterocycles. The van der Waals surface area contributed by atoms with E-state index in [4.69, 9.17) is 0 Å². The van der Waals surface area contributed by atoms with Gasteiger partial charge >= 0.3 is 0 Å². The Hall–Kier alpha value is -0.410. The SMILES string of the molecule is CC1CCC(NCc2cncc(Br)c2)CC1C. The molecule has 1 aliphatic rings. The molecule has 0 radical (unpaired) electrons. The molecule has 0 bridgehead atoms. The van der Waals surface area contributed by atoms with E-state index in [1.54, 1.807) is 0 Å². The maximum Gasteiger partial charge on any atom is 0.0410 e. The second kappa shape index (κ2) is 5.96. The lowest BCUT2D eigenvalue weighted by atomic mass is 9.79. The molecule has 0 spiro atoms. The minimum absolute atomic E-state index is 0.681. The first-order valence-electron chi connectivity index (χ1n) is 6.48. The molecule has 1 aliphatic carbocycles. The first-order chi connectivity index (χ1) is 8.15. The second-order valence-corrected chi connectivity index (χ2v) is 6.27. The topological polar surface area (TPSA) is 24.9 Å². The van der Waals surface area contributed by atoms with Crippen molar-refractivity contribution in [3.63, 3.8) is 0 Å². The summed E-state index contributed by atoms with van der Waals surface area (Å²) in [5.74, 6) is 1.74. The Labute approximate surface area is 112 Å². The van der Waals surface area contributed by atoms with Gasteiger partial charge in [0, 0.05) is 29.5 Å². The number of rotatable bonds is 3. The predicted octanol–water partition coefficient (Wildman–Crippen LogP) is 3.76. The number of nitrogens with one attached hydrogen (secondary N) is 1. The van der Waals surface area contributed by atoms with Gasteiger partial charge in [-0.3, -0.25) is 4.98 Å². The third-order valence-electron chi connectivity index (χ3n) is 3.95. The fourth-order valence-electron chi connectivity index (χ4n) is 2.55. The van der Waals surface area contributed by atoms with Crippen molar-refractivity contribution in [3.05, 3.63) is 28.5 Å². The van der Waals surface area contributed by atoms with Gasteiger partial charge in [0.25, 0.3) is 0 Å². The Morgan fingerprint density at radius 3 is 2.82 bits per heavy atom. The zero-order valence-corrected chi connectivity index (χ0v) is 12.2. The molecule has 3 heteroatoms. The molecule has 3 unspecified atom stereocenters. The van der Waals surface area contributed by atoms with Crippen molar-refractivity contribution in [1.82, 2.24) is 10.3 Å². The van der Waals surface area contributed by atoms with E-state index in [1.807, 2.05) is 12.4 Å². The number of hydrogen-bond donors (Lipinski definition) is 1. The Balaban J connectivity index is 1.82. The fourth-order valence-corrected chi connectivity index (χ4v) is 2.96. The molecule has 3 atom stereocenters. The van der Waals surface area contributed by atoms with Crippen molar-refractivity contribution in [2.45, 2.75) is 45.7 Å². The summed E-state index contributed by atoms with van der Waals surface area (Å²) in [6.07, 6.45) is 7.74. The first-order valence-corrected chi connectivity index (χ1v) is 7.27. The first kappa shape index (κ1) is 13.0. The van der Waals surface area contributed by atoms with Gasteiger partial charge in [-0.05, 0) is 58.7 Å². The van der Waals surface area contributed by atoms with Gasteiger partial charge in [0.1, 0.15) is 0 Å². The Morgan fingerprint density at radius 1 is 1.29 bits per heavy atom. The minimum atomic E-state index is 0.681. The van der Waals surface area contributed by atoms with Gasteiger partial charge in [-0.2, -0.15) is 0 Å². The van der Waals surface area contributed by atoms with E-state index in [1.165, 1.54) is 24.8 Å². The van der Waals surface area contributed by atoms with E-state index in [0.29, 0.717) is 6.04 Å². The molecule has 1 aromatic rings. The molecule has 94 valence electrons. The summed E-state index contributed by atoms with van der Waals surface area (Å²) in [5.41, 5.74) is 1.26. The molecule has 1 aromatic heterocycles. The highest BCUT2D eigenvalue weighted by atomic mass is 79.9. The van der Waals surface area contributed by atoms with Crippen LogP contribution >= 0.6 is 15.9 Å². The summed E-state index contributed by atoms with van der Waals surface area (Å²) in [6.45, 7) is 5.68. The Bertz CT molecular complexity index is 367. The van der Waals surface area contributed by atoms with Gasteiger partial charge in [-0.15, -0.1) is 0 Å². The zero-order valence-electron chi connectivity index (χ0n) is 10.6. The van der Waals surface area contributed by atoms with Crippen LogP contribution in [0.1, 0.15) is 38.7 Å². The lowest BCUT2D eigenvalue weighted by molar-refractivity contribution is 0.225. The summed E-state index contributed by atoms with van der Waals surface area (Å²) in [7, 11) is 0. The van der Waals surface area contributed by atoms with Gasteiger partial charge in [0.15, 0.2) is 0 Å². The highest BCUT2D eigenvalue weighted by Crippen LogP contribution is 2.29. The Morgan fingerprint density at radius 2 is 2.12 bits per heavy atom. The van der Waals surface area contributed by atoms with Gasteiger partial charge in [0.05, 0.1) is 0 Å². The van der Waals surface area contributed by atoms with Gasteiger partial charge in [-0.1, -0.05) is 13.8 Å². The molecular formula is C14H21BrN2. The van der Waals surface area contributed by atoms with E-state index < -0.39 is 0 Å². The lowest BCUT2D eigenvalue weighted by Gasteiger charge is -2.32. The molecule has 1 saturated carbocycles. The van der Waals surface area contributed by atoms with Crippen LogP contribution in [0.15, 0.2) is 22.9 Å². The van der Waals surface area contributed by atoms with Crippen LogP contribution in [0.2, 0.25) is 0 Å². The number of hydrogen-bond acceptors (Lipinski definition) is 2. The smallest absolute Gasteiger partial charge is 0.0410 e. The average Bonchev–Trinajstić information content (AvgIpc) is 2.31. The summed E-state index contributed by atoms with van der Waals surface area (Å²) in [4.78, 5) is 4.19. The third kappa shape index (κ3) is 3.78. The molecular weight excluding hydrogens is 276 g/mol. The number of halogens is 1. The van der Waals surface area contributed by atoms with Gasteiger partial charge in [0.2, 0.25) is 0 Å². The molecule has 0 saturated heterocycles. The standard InChI is InChI=1S/C14H21BrN2/c1-10-3-4-14(5-11(10)2)17-8-12-6-13(15)9-16-7-12/h6-7,9-11,14,17H,3-5,8H2,1-2H3. The molecule has 1 N–H and O–H groups in total. The van der Waals surface area contributed by atoms with E-state index in [9.17, 15) is 0 Å². The summed E-state index contributed by atoms with van der Waals surface area (Å²) >= 11 is 3.46. The van der Waals surface area contributed by atoms with Crippen molar-refractivity contribution in [3.8, 4) is 0 Å². The van der Waals surface area contributed by atoms with Crippen molar-refractivity contribution in [2.75, 3.05) is 0 Å². The van der Waals surface area contributed by atoms with Crippen LogP contribution in [0, 0.1) is 11.8 Å². The van der Waals surface area contributed by atoms with Crippen LogP contribution in [0.4, 0.5) is 0 Å². The third-order valence-corrected chi connectivity index (χ3v) is 4.39. The summed E-state index contributed by atoms with van der Waals surface area (Å²) < 4.78 is 1.06. The summed E-state index contributed by atoms with van der Waals surface area (Å²) in [5, 5.41) is 3.66. The molecule has 1 fully saturated rings. The van der Waals surface area contributed by atoms with E-state index in [-0.39, 0.29) is 0 Å². The van der Waals surface area contributed by atoms with Crippen LogP contribution in [0.3, 0.4) is 0 Å². The highest BCUT2D eigenvalue weighted by Gasteiger charge is 2.23. The molecule has 0 aromatic carbocycles. The normalized spacial score (nSPS) is 29.2. The van der Waals surface area contributed by atoms with E-state index in [2.05, 4.69) is 46.1 Å². The Kier molecular flexibility index (Phi) is 4.57. The van der Waals surface area contributed by atoms with Crippen molar-refractivity contribution < 1.29 is 0 Å². The largest absolute Gasteiger partial charge is 0.310 e. The van der Waals surface area contributed by atoms with Crippen molar-refractivity contribution >= 4 is 15.9 Å². The highest BCUT2D eigenvalue weighted by molar-refractivity contribution is 9.10. The van der Waals surface area contributed by atoms with Gasteiger partial charge in [-0.25, -0.2) is 0 Å². The van der Waals surface area contributed by atoms with Crippen LogP contribution in [-0.2, 0) is 6.54 Å². The zero-order chi connectivity index (χ0) is 12.3. The number of nitrogens with zero attached hydrogens (tertiary/aromatic N) is 1. The van der Waals surface area contributed by atoms with Crippen LogP contribution < -0.4 is 5.32 Å². The molecule has 17 heavy (non-hydrogen) atoms. The van der Waals surface area contributed by atoms with Crippen LogP contribution in [0.25, 0.3) is 0 Å². The van der Waals surface area contributed by atoms with Crippen molar-refractivity contribution in [2.24, 2.45) is 11.8 Å². The van der Waals surface area contributed by atoms with Gasteiger partial charge < -0.3 is 5.32 Å². The fraction of sp³-hybridized carbons (Fsp3) is 0.643. The second-order valence-electron chi connectivity index (χ2n) is 5.36. The van der Waals surface area contributed by atoms with Crippen LogP contribution in [-0.4, -0.2) is 11.0 Å². The minimum Gasteiger partial charge on any atom is -0.310 e. The average molecular weight is 297 g/mol. The molecule has 2 nitrogen and oxygen atoms in total. The van der Waals surface area contributed by atoms with E-state index in [0.717, 1.165) is 22.9 Å². The maximum atomic E-state index is 4.19. The monoisotopic (exact) mass is 296 g/mol. The molecule has 0 amide bonds. The lowest BCUT2D eigenvalue weighted by Crippen LogP contribution is -2.35. The molecule has 2 rings (SSSR count). The van der Waals surface area contributed by atoms with Crippen molar-refractivity contribution in [1.29, 1.82) is 0 Å². The van der Waals surface area contributed by atoms with Crippen LogP contribution in [0.5, 0.6) is 0 Å². The molecule has 1 heterocycles. The number of aromatic nitrogens is 1.